The molecule has 0 aromatic carbocycles. The van der Waals surface area contributed by atoms with Gasteiger partial charge in [-0.05, 0) is 6.42 Å². The maximum atomic E-state index is 10.4. The molecule has 0 aliphatic heterocycles. The Morgan fingerprint density at radius 2 is 2.10 bits per heavy atom. The van der Waals surface area contributed by atoms with Gasteiger partial charge in [-0.2, -0.15) is 0 Å². The minimum Gasteiger partial charge on any atom is -0.229 e. The van der Waals surface area contributed by atoms with Crippen molar-refractivity contribution in [3.05, 3.63) is 0 Å². The number of sulfonamides is 1. The van der Waals surface area contributed by atoms with Crippen molar-refractivity contribution in [2.24, 2.45) is 5.14 Å². The average molecular weight is 186 g/mol. The van der Waals surface area contributed by atoms with E-state index < -0.39 is 10.0 Å². The summed E-state index contributed by atoms with van der Waals surface area (Å²) in [6.45, 7) is 1.94. The molecule has 0 saturated carbocycles. The Kier molecular flexibility index (Phi) is 4.24. The third kappa shape index (κ3) is 6.32. The van der Waals surface area contributed by atoms with Crippen LogP contribution in [0.4, 0.5) is 0 Å². The Labute approximate surface area is 66.6 Å². The quantitative estimate of drug-likeness (QED) is 0.655. The summed E-state index contributed by atoms with van der Waals surface area (Å²) in [5.41, 5.74) is 0. The molecule has 10 heavy (non-hydrogen) atoms. The molecule has 0 heterocycles. The molecule has 0 aromatic rings. The van der Waals surface area contributed by atoms with Gasteiger partial charge in [0.25, 0.3) is 0 Å². The second-order valence-electron chi connectivity index (χ2n) is 2.22. The van der Waals surface area contributed by atoms with E-state index in [4.69, 9.17) is 16.7 Å². The van der Waals surface area contributed by atoms with Crippen LogP contribution < -0.4 is 5.14 Å². The fraction of sp³-hybridized carbons (Fsp3) is 1.00. The Balaban J connectivity index is 3.69. The zero-order chi connectivity index (χ0) is 8.20. The molecule has 0 aromatic heterocycles. The van der Waals surface area contributed by atoms with Crippen LogP contribution in [0, 0.1) is 0 Å². The maximum absolute atomic E-state index is 10.4. The van der Waals surface area contributed by atoms with Gasteiger partial charge in [0.2, 0.25) is 10.0 Å². The Morgan fingerprint density at radius 3 is 2.40 bits per heavy atom. The molecule has 2 N–H and O–H groups in total. The van der Waals surface area contributed by atoms with Crippen LogP contribution in [0.25, 0.3) is 0 Å². The summed E-state index contributed by atoms with van der Waals surface area (Å²) in [5.74, 6) is -0.123. The fourth-order valence-corrected chi connectivity index (χ4v) is 2.06. The van der Waals surface area contributed by atoms with Crippen LogP contribution in [-0.4, -0.2) is 19.5 Å². The summed E-state index contributed by atoms with van der Waals surface area (Å²) < 4.78 is 20.8. The second-order valence-corrected chi connectivity index (χ2v) is 4.49. The topological polar surface area (TPSA) is 60.2 Å². The summed E-state index contributed by atoms with van der Waals surface area (Å²) in [6, 6.07) is 0. The smallest absolute Gasteiger partial charge is 0.210 e. The third-order valence-corrected chi connectivity index (χ3v) is 2.44. The molecular weight excluding hydrogens is 174 g/mol. The average Bonchev–Trinajstić information content (AvgIpc) is 1.59. The lowest BCUT2D eigenvalue weighted by molar-refractivity contribution is 0.593. The number of nitrogens with two attached hydrogens (primary N) is 1. The number of hydrogen-bond donors (Lipinski definition) is 1. The molecule has 0 amide bonds. The molecule has 0 aliphatic rings. The van der Waals surface area contributed by atoms with Crippen LogP contribution in [0.3, 0.4) is 0 Å². The van der Waals surface area contributed by atoms with Crippen LogP contribution in [0.15, 0.2) is 0 Å². The maximum Gasteiger partial charge on any atom is 0.210 e. The predicted molar refractivity (Wildman–Crippen MR) is 42.5 cm³/mol. The molecule has 0 saturated heterocycles. The van der Waals surface area contributed by atoms with Crippen molar-refractivity contribution in [3.63, 3.8) is 0 Å². The van der Waals surface area contributed by atoms with Gasteiger partial charge in [0, 0.05) is 5.38 Å². The Hall–Kier alpha value is 0.200. The van der Waals surface area contributed by atoms with Gasteiger partial charge < -0.3 is 0 Å². The van der Waals surface area contributed by atoms with E-state index >= 15 is 0 Å². The molecule has 0 rings (SSSR count). The Bertz CT molecular complexity index is 178. The minimum atomic E-state index is -3.38. The summed E-state index contributed by atoms with van der Waals surface area (Å²) in [7, 11) is -3.38. The van der Waals surface area contributed by atoms with Gasteiger partial charge >= 0.3 is 0 Å². The number of halogens is 1. The lowest BCUT2D eigenvalue weighted by Crippen LogP contribution is -2.23. The molecular formula is C5H12ClNO2S. The van der Waals surface area contributed by atoms with E-state index in [1.54, 1.807) is 0 Å². The van der Waals surface area contributed by atoms with E-state index in [9.17, 15) is 8.42 Å². The zero-order valence-corrected chi connectivity index (χ0v) is 7.45. The number of primary sulfonamides is 1. The zero-order valence-electron chi connectivity index (χ0n) is 5.88. The minimum absolute atomic E-state index is 0.123. The van der Waals surface area contributed by atoms with E-state index in [0.717, 1.165) is 6.42 Å². The lowest BCUT2D eigenvalue weighted by Gasteiger charge is -2.03. The SMILES string of the molecule is CCCC(Cl)CS(N)(=O)=O. The molecule has 0 spiro atoms. The monoisotopic (exact) mass is 185 g/mol. The molecule has 5 heteroatoms. The highest BCUT2D eigenvalue weighted by Gasteiger charge is 2.10. The first-order chi connectivity index (χ1) is 4.45. The van der Waals surface area contributed by atoms with Gasteiger partial charge in [-0.1, -0.05) is 13.3 Å². The van der Waals surface area contributed by atoms with Crippen molar-refractivity contribution in [2.45, 2.75) is 25.1 Å². The molecule has 0 radical (unpaired) electrons. The van der Waals surface area contributed by atoms with Crippen molar-refractivity contribution < 1.29 is 8.42 Å². The van der Waals surface area contributed by atoms with Crippen molar-refractivity contribution in [1.29, 1.82) is 0 Å². The van der Waals surface area contributed by atoms with E-state index in [-0.39, 0.29) is 11.1 Å². The van der Waals surface area contributed by atoms with E-state index in [1.807, 2.05) is 6.92 Å². The third-order valence-electron chi connectivity index (χ3n) is 1.02. The highest BCUT2D eigenvalue weighted by atomic mass is 35.5. The van der Waals surface area contributed by atoms with Crippen molar-refractivity contribution in [3.8, 4) is 0 Å². The summed E-state index contributed by atoms with van der Waals surface area (Å²) in [5, 5.41) is 4.42. The Morgan fingerprint density at radius 1 is 1.60 bits per heavy atom. The van der Waals surface area contributed by atoms with Crippen molar-refractivity contribution >= 4 is 21.6 Å². The molecule has 0 bridgehead atoms. The van der Waals surface area contributed by atoms with Gasteiger partial charge in [0.05, 0.1) is 5.75 Å². The molecule has 1 unspecified atom stereocenters. The molecule has 0 aliphatic carbocycles. The van der Waals surface area contributed by atoms with Gasteiger partial charge in [-0.25, -0.2) is 13.6 Å². The molecule has 3 nitrogen and oxygen atoms in total. The van der Waals surface area contributed by atoms with Gasteiger partial charge in [-0.3, -0.25) is 0 Å². The van der Waals surface area contributed by atoms with Crippen LogP contribution in [0.1, 0.15) is 19.8 Å². The summed E-state index contributed by atoms with van der Waals surface area (Å²) in [6.07, 6.45) is 1.57. The largest absolute Gasteiger partial charge is 0.229 e. The number of hydrogen-bond acceptors (Lipinski definition) is 2. The molecule has 62 valence electrons. The summed E-state index contributed by atoms with van der Waals surface area (Å²) >= 11 is 5.61. The number of rotatable bonds is 4. The summed E-state index contributed by atoms with van der Waals surface area (Å²) in [4.78, 5) is 0. The van der Waals surface area contributed by atoms with E-state index in [1.165, 1.54) is 0 Å². The second kappa shape index (κ2) is 4.16. The first-order valence-corrected chi connectivity index (χ1v) is 5.25. The highest BCUT2D eigenvalue weighted by Crippen LogP contribution is 2.05. The predicted octanol–water partition coefficient (Wildman–Crippen LogP) is 0.682. The van der Waals surface area contributed by atoms with E-state index in [0.29, 0.717) is 6.42 Å². The lowest BCUT2D eigenvalue weighted by atomic mass is 10.3. The van der Waals surface area contributed by atoms with Crippen molar-refractivity contribution in [1.82, 2.24) is 0 Å². The normalized spacial score (nSPS) is 15.1. The van der Waals surface area contributed by atoms with Crippen LogP contribution in [0.2, 0.25) is 0 Å². The molecule has 0 fully saturated rings. The molecule has 1 atom stereocenters. The van der Waals surface area contributed by atoms with Gasteiger partial charge in [0.1, 0.15) is 0 Å². The number of alkyl halides is 1. The van der Waals surface area contributed by atoms with Crippen LogP contribution in [0.5, 0.6) is 0 Å². The van der Waals surface area contributed by atoms with Gasteiger partial charge in [0.15, 0.2) is 0 Å². The fourth-order valence-electron chi connectivity index (χ4n) is 0.649. The van der Waals surface area contributed by atoms with E-state index in [2.05, 4.69) is 0 Å². The van der Waals surface area contributed by atoms with Crippen LogP contribution >= 0.6 is 11.6 Å². The van der Waals surface area contributed by atoms with Crippen molar-refractivity contribution in [2.75, 3.05) is 5.75 Å². The van der Waals surface area contributed by atoms with Gasteiger partial charge in [-0.15, -0.1) is 11.6 Å². The standard InChI is InChI=1S/C5H12ClNO2S/c1-2-3-5(6)4-10(7,8)9/h5H,2-4H2,1H3,(H2,7,8,9). The highest BCUT2D eigenvalue weighted by molar-refractivity contribution is 7.89. The van der Waals surface area contributed by atoms with Crippen LogP contribution in [-0.2, 0) is 10.0 Å². The first-order valence-electron chi connectivity index (χ1n) is 3.10. The first kappa shape index (κ1) is 10.2.